The van der Waals surface area contributed by atoms with Crippen molar-refractivity contribution >= 4 is 0 Å². The van der Waals surface area contributed by atoms with Crippen molar-refractivity contribution in [3.05, 3.63) is 0 Å². The van der Waals surface area contributed by atoms with Gasteiger partial charge >= 0.3 is 0 Å². The lowest BCUT2D eigenvalue weighted by Gasteiger charge is -2.64. The number of hydrogen-bond donors (Lipinski definition) is 5. The van der Waals surface area contributed by atoms with Crippen LogP contribution < -0.4 is 0 Å². The molecule has 196 valence electrons. The zero-order chi connectivity index (χ0) is 24.6. The first-order valence-electron chi connectivity index (χ1n) is 13.7. The molecule has 7 heteroatoms. The predicted molar refractivity (Wildman–Crippen MR) is 126 cm³/mol. The smallest absolute Gasteiger partial charge is 0.186 e. The molecule has 5 fully saturated rings. The highest BCUT2D eigenvalue weighted by Crippen LogP contribution is 2.69. The molecule has 34 heavy (non-hydrogen) atoms. The molecule has 0 radical (unpaired) electrons. The second-order valence-corrected chi connectivity index (χ2v) is 13.0. The van der Waals surface area contributed by atoms with E-state index in [4.69, 9.17) is 9.47 Å². The lowest BCUT2D eigenvalue weighted by atomic mass is 9.43. The maximum atomic E-state index is 12.1. The standard InChI is InChI=1S/C27H46O7/c1-14(28)18-9-12-27(32)20-6-5-16-13-17(34-24-23(31)22(30)21(29)15(2)33-24)7-10-25(16,3)19(20)8-11-26(18,27)4/h14-24,28-32H,5-13H2,1-4H3/t14-,15-,16+,17-,18+,19-,20+,21-,22+,23+,24-,25-,26+,27-/m0/s1. The van der Waals surface area contributed by atoms with Gasteiger partial charge in [0.2, 0.25) is 0 Å². The summed E-state index contributed by atoms with van der Waals surface area (Å²) in [6.07, 6.45) is 3.04. The van der Waals surface area contributed by atoms with Crippen LogP contribution in [0.3, 0.4) is 0 Å². The van der Waals surface area contributed by atoms with E-state index in [0.717, 1.165) is 57.8 Å². The van der Waals surface area contributed by atoms with E-state index in [9.17, 15) is 25.5 Å². The number of fused-ring (bicyclic) bond motifs is 5. The van der Waals surface area contributed by atoms with E-state index < -0.39 is 36.3 Å². The van der Waals surface area contributed by atoms with Crippen LogP contribution in [0, 0.1) is 34.5 Å². The van der Waals surface area contributed by atoms with Crippen molar-refractivity contribution in [1.29, 1.82) is 0 Å². The van der Waals surface area contributed by atoms with Crippen LogP contribution in [0.1, 0.15) is 85.5 Å². The highest BCUT2D eigenvalue weighted by molar-refractivity contribution is 5.17. The SMILES string of the molecule is C[C@H](O)[C@H]1CC[C@]2(O)[C@@H]3CC[C@@H]4C[C@@H](O[C@@H]5O[C@@H](C)[C@H](O)[C@@H](O)[C@H]5O)CC[C@]4(C)[C@H]3CC[C@]12C. The number of ether oxygens (including phenoxy) is 2. The first-order valence-corrected chi connectivity index (χ1v) is 13.7. The molecule has 5 aliphatic rings. The van der Waals surface area contributed by atoms with Gasteiger partial charge in [-0.15, -0.1) is 0 Å². The second-order valence-electron chi connectivity index (χ2n) is 13.0. The Balaban J connectivity index is 1.29. The summed E-state index contributed by atoms with van der Waals surface area (Å²) < 4.78 is 11.9. The minimum Gasteiger partial charge on any atom is -0.393 e. The molecule has 0 aromatic carbocycles. The normalized spacial score (nSPS) is 58.5. The largest absolute Gasteiger partial charge is 0.393 e. The molecule has 0 aromatic heterocycles. The highest BCUT2D eigenvalue weighted by atomic mass is 16.7. The molecule has 1 heterocycles. The Kier molecular flexibility index (Phi) is 6.45. The molecule has 7 nitrogen and oxygen atoms in total. The Morgan fingerprint density at radius 3 is 2.32 bits per heavy atom. The van der Waals surface area contributed by atoms with Crippen LogP contribution in [0.25, 0.3) is 0 Å². The first-order chi connectivity index (χ1) is 15.9. The molecule has 1 aliphatic heterocycles. The van der Waals surface area contributed by atoms with Crippen LogP contribution in [0.15, 0.2) is 0 Å². The fraction of sp³-hybridized carbons (Fsp3) is 1.00. The van der Waals surface area contributed by atoms with Crippen LogP contribution in [0.2, 0.25) is 0 Å². The van der Waals surface area contributed by atoms with Gasteiger partial charge < -0.3 is 35.0 Å². The third-order valence-corrected chi connectivity index (χ3v) is 11.6. The van der Waals surface area contributed by atoms with Gasteiger partial charge in [0.25, 0.3) is 0 Å². The summed E-state index contributed by atoms with van der Waals surface area (Å²) in [7, 11) is 0. The Labute approximate surface area is 203 Å². The molecular formula is C27H46O7. The molecule has 0 bridgehead atoms. The Bertz CT molecular complexity index is 761. The van der Waals surface area contributed by atoms with E-state index in [0.29, 0.717) is 11.8 Å². The maximum Gasteiger partial charge on any atom is 0.186 e. The summed E-state index contributed by atoms with van der Waals surface area (Å²) in [5.41, 5.74) is -0.744. The lowest BCUT2D eigenvalue weighted by Crippen LogP contribution is -2.63. The number of rotatable bonds is 3. The van der Waals surface area contributed by atoms with Gasteiger partial charge in [-0.1, -0.05) is 13.8 Å². The first kappa shape index (κ1) is 25.4. The van der Waals surface area contributed by atoms with Crippen molar-refractivity contribution in [1.82, 2.24) is 0 Å². The van der Waals surface area contributed by atoms with E-state index in [1.807, 2.05) is 6.92 Å². The molecule has 5 rings (SSSR count). The fourth-order valence-electron chi connectivity index (χ4n) is 9.44. The second kappa shape index (κ2) is 8.64. The van der Waals surface area contributed by atoms with E-state index in [-0.39, 0.29) is 34.9 Å². The molecule has 4 aliphatic carbocycles. The monoisotopic (exact) mass is 482 g/mol. The van der Waals surface area contributed by atoms with Crippen LogP contribution in [0.5, 0.6) is 0 Å². The number of hydrogen-bond acceptors (Lipinski definition) is 7. The van der Waals surface area contributed by atoms with Gasteiger partial charge in [-0.05, 0) is 101 Å². The molecule has 0 spiro atoms. The van der Waals surface area contributed by atoms with Crippen molar-refractivity contribution in [3.8, 4) is 0 Å². The molecule has 14 atom stereocenters. The third kappa shape index (κ3) is 3.56. The number of aliphatic hydroxyl groups excluding tert-OH is 4. The van der Waals surface area contributed by atoms with Gasteiger partial charge in [-0.2, -0.15) is 0 Å². The van der Waals surface area contributed by atoms with Crippen LogP contribution >= 0.6 is 0 Å². The maximum absolute atomic E-state index is 12.1. The number of aliphatic hydroxyl groups is 5. The van der Waals surface area contributed by atoms with Gasteiger partial charge in [0.15, 0.2) is 6.29 Å². The third-order valence-electron chi connectivity index (χ3n) is 11.6. The summed E-state index contributed by atoms with van der Waals surface area (Å²) in [6, 6.07) is 0. The molecule has 4 saturated carbocycles. The van der Waals surface area contributed by atoms with Crippen molar-refractivity contribution in [2.24, 2.45) is 34.5 Å². The Morgan fingerprint density at radius 2 is 1.62 bits per heavy atom. The minimum atomic E-state index is -1.27. The van der Waals surface area contributed by atoms with Crippen LogP contribution in [-0.4, -0.2) is 74.0 Å². The van der Waals surface area contributed by atoms with Crippen LogP contribution in [0.4, 0.5) is 0 Å². The van der Waals surface area contributed by atoms with Crippen molar-refractivity contribution in [2.45, 2.75) is 134 Å². The Hall–Kier alpha value is -0.280. The van der Waals surface area contributed by atoms with Gasteiger partial charge in [0.1, 0.15) is 18.3 Å². The van der Waals surface area contributed by atoms with Crippen molar-refractivity contribution < 1.29 is 35.0 Å². The van der Waals surface area contributed by atoms with Gasteiger partial charge in [0.05, 0.1) is 23.9 Å². The zero-order valence-electron chi connectivity index (χ0n) is 21.3. The zero-order valence-corrected chi connectivity index (χ0v) is 21.3. The summed E-state index contributed by atoms with van der Waals surface area (Å²) in [4.78, 5) is 0. The topological polar surface area (TPSA) is 120 Å². The summed E-state index contributed by atoms with van der Waals surface area (Å²) in [6.45, 7) is 8.23. The van der Waals surface area contributed by atoms with Gasteiger partial charge in [-0.3, -0.25) is 0 Å². The van der Waals surface area contributed by atoms with Crippen molar-refractivity contribution in [3.63, 3.8) is 0 Å². The van der Waals surface area contributed by atoms with Crippen molar-refractivity contribution in [2.75, 3.05) is 0 Å². The van der Waals surface area contributed by atoms with E-state index >= 15 is 0 Å². The van der Waals surface area contributed by atoms with Gasteiger partial charge in [0, 0.05) is 5.41 Å². The highest BCUT2D eigenvalue weighted by Gasteiger charge is 2.67. The van der Waals surface area contributed by atoms with Gasteiger partial charge in [-0.25, -0.2) is 0 Å². The average molecular weight is 483 g/mol. The van der Waals surface area contributed by atoms with E-state index in [1.165, 1.54) is 0 Å². The molecule has 0 unspecified atom stereocenters. The summed E-state index contributed by atoms with van der Waals surface area (Å²) >= 11 is 0. The minimum absolute atomic E-state index is 0.0491. The van der Waals surface area contributed by atoms with E-state index in [2.05, 4.69) is 13.8 Å². The lowest BCUT2D eigenvalue weighted by molar-refractivity contribution is -0.310. The quantitative estimate of drug-likeness (QED) is 0.392. The predicted octanol–water partition coefficient (Wildman–Crippen LogP) is 2.35. The average Bonchev–Trinajstić information content (AvgIpc) is 3.07. The Morgan fingerprint density at radius 1 is 0.882 bits per heavy atom. The fourth-order valence-corrected chi connectivity index (χ4v) is 9.44. The molecule has 0 aromatic rings. The van der Waals surface area contributed by atoms with E-state index in [1.54, 1.807) is 6.92 Å². The van der Waals surface area contributed by atoms with Crippen LogP contribution in [-0.2, 0) is 9.47 Å². The molecular weight excluding hydrogens is 436 g/mol. The molecule has 1 saturated heterocycles. The molecule has 0 amide bonds. The molecule has 5 N–H and O–H groups in total. The summed E-state index contributed by atoms with van der Waals surface area (Å²) in [5, 5.41) is 53.1. The summed E-state index contributed by atoms with van der Waals surface area (Å²) in [5.74, 6) is 1.43.